The van der Waals surface area contributed by atoms with Crippen molar-refractivity contribution in [1.29, 1.82) is 0 Å². The predicted octanol–water partition coefficient (Wildman–Crippen LogP) is 0.789. The van der Waals surface area contributed by atoms with E-state index in [2.05, 4.69) is 4.72 Å². The van der Waals surface area contributed by atoms with Gasteiger partial charge in [0.2, 0.25) is 0 Å². The number of carboxylic acid groups (broad SMARTS) is 1. The highest BCUT2D eigenvalue weighted by atomic mass is 32.2. The number of rotatable bonds is 5. The maximum atomic E-state index is 10.8. The molecule has 5 nitrogen and oxygen atoms in total. The van der Waals surface area contributed by atoms with Crippen LogP contribution in [0.2, 0.25) is 0 Å². The molecule has 0 atom stereocenters. The maximum Gasteiger partial charge on any atom is 0.442 e. The van der Waals surface area contributed by atoms with Crippen molar-refractivity contribution in [2.75, 3.05) is 5.75 Å². The minimum atomic E-state index is -3.73. The van der Waals surface area contributed by atoms with E-state index in [1.54, 1.807) is 0 Å². The lowest BCUT2D eigenvalue weighted by molar-refractivity contribution is 0.200. The van der Waals surface area contributed by atoms with Crippen LogP contribution in [-0.4, -0.2) is 25.4 Å². The van der Waals surface area contributed by atoms with Crippen LogP contribution in [0.15, 0.2) is 0 Å². The van der Waals surface area contributed by atoms with Crippen LogP contribution in [0.1, 0.15) is 26.2 Å². The van der Waals surface area contributed by atoms with Gasteiger partial charge in [-0.3, -0.25) is 0 Å². The van der Waals surface area contributed by atoms with Gasteiger partial charge in [0.25, 0.3) is 10.0 Å². The monoisotopic (exact) mass is 194 g/mol. The predicted molar refractivity (Wildman–Crippen MR) is 43.5 cm³/mol. The Labute approximate surface area is 71.8 Å². The number of carbonyl (C=O) groups is 1. The number of sulfonamides is 1. The Morgan fingerprint density at radius 3 is 2.42 bits per heavy atom. The van der Waals surface area contributed by atoms with E-state index in [1.807, 2.05) is 6.92 Å². The Morgan fingerprint density at radius 1 is 1.42 bits per heavy atom. The van der Waals surface area contributed by atoms with Gasteiger partial charge < -0.3 is 5.11 Å². The van der Waals surface area contributed by atoms with Gasteiger partial charge in [-0.1, -0.05) is 24.5 Å². The van der Waals surface area contributed by atoms with E-state index >= 15 is 0 Å². The third kappa shape index (κ3) is 5.96. The van der Waals surface area contributed by atoms with Crippen molar-refractivity contribution < 1.29 is 18.3 Å². The van der Waals surface area contributed by atoms with Crippen LogP contribution >= 0.6 is 0 Å². The summed E-state index contributed by atoms with van der Waals surface area (Å²) < 4.78 is 24.1. The number of amides is 1. The Kier molecular flexibility index (Phi) is 4.65. The van der Waals surface area contributed by atoms with Crippen molar-refractivity contribution in [1.82, 2.24) is 4.72 Å². The first-order valence-electron chi connectivity index (χ1n) is 3.66. The van der Waals surface area contributed by atoms with Crippen LogP contribution < -0.4 is 4.72 Å². The zero-order valence-corrected chi connectivity index (χ0v) is 7.67. The maximum absolute atomic E-state index is 10.8. The van der Waals surface area contributed by atoms with Gasteiger partial charge in [-0.15, -0.1) is 0 Å². The molecule has 0 fully saturated rings. The van der Waals surface area contributed by atoms with Gasteiger partial charge in [0.15, 0.2) is 0 Å². The second kappa shape index (κ2) is 4.97. The molecule has 0 rings (SSSR count). The van der Waals surface area contributed by atoms with Gasteiger partial charge in [-0.25, -0.2) is 13.2 Å². The molecule has 0 bridgehead atoms. The fraction of sp³-hybridized carbons (Fsp3) is 0.833. The van der Waals surface area contributed by atoms with Gasteiger partial charge in [-0.2, -0.15) is 0 Å². The van der Waals surface area contributed by atoms with Crippen molar-refractivity contribution in [2.24, 2.45) is 0 Å². The zero-order chi connectivity index (χ0) is 9.61. The van der Waals surface area contributed by atoms with Crippen LogP contribution in [0.4, 0.5) is 4.79 Å². The van der Waals surface area contributed by atoms with Crippen molar-refractivity contribution in [3.05, 3.63) is 0 Å². The van der Waals surface area contributed by atoms with Crippen molar-refractivity contribution in [2.45, 2.75) is 26.2 Å². The van der Waals surface area contributed by atoms with Gasteiger partial charge in [0.1, 0.15) is 0 Å². The lowest BCUT2D eigenvalue weighted by atomic mass is 10.3. The highest BCUT2D eigenvalue weighted by Crippen LogP contribution is 1.98. The van der Waals surface area contributed by atoms with E-state index < -0.39 is 16.1 Å². The van der Waals surface area contributed by atoms with Crippen LogP contribution in [0.25, 0.3) is 0 Å². The SMILES string of the molecule is CCCCCS(=O)(=O)[N]C(=O)O. The summed E-state index contributed by atoms with van der Waals surface area (Å²) in [5.41, 5.74) is 0. The molecule has 0 aromatic carbocycles. The molecule has 1 amide bonds. The van der Waals surface area contributed by atoms with Crippen LogP contribution in [0.3, 0.4) is 0 Å². The summed E-state index contributed by atoms with van der Waals surface area (Å²) >= 11 is 0. The largest absolute Gasteiger partial charge is 0.463 e. The van der Waals surface area contributed by atoms with E-state index in [0.717, 1.165) is 12.8 Å². The molecular formula is C6H12NO4S. The molecule has 0 aliphatic heterocycles. The minimum Gasteiger partial charge on any atom is -0.463 e. The quantitative estimate of drug-likeness (QED) is 0.655. The van der Waals surface area contributed by atoms with Crippen LogP contribution in [-0.2, 0) is 10.0 Å². The molecule has 6 heteroatoms. The van der Waals surface area contributed by atoms with Gasteiger partial charge in [0, 0.05) is 0 Å². The average Bonchev–Trinajstić information content (AvgIpc) is 1.84. The molecule has 12 heavy (non-hydrogen) atoms. The van der Waals surface area contributed by atoms with E-state index in [1.165, 1.54) is 0 Å². The van der Waals surface area contributed by atoms with E-state index in [-0.39, 0.29) is 5.75 Å². The van der Waals surface area contributed by atoms with E-state index in [4.69, 9.17) is 5.11 Å². The van der Waals surface area contributed by atoms with E-state index in [0.29, 0.717) is 6.42 Å². The molecule has 0 unspecified atom stereocenters. The van der Waals surface area contributed by atoms with Gasteiger partial charge in [-0.05, 0) is 6.42 Å². The van der Waals surface area contributed by atoms with Crippen molar-refractivity contribution in [3.63, 3.8) is 0 Å². The van der Waals surface area contributed by atoms with E-state index in [9.17, 15) is 13.2 Å². The average molecular weight is 194 g/mol. The number of nitrogens with zero attached hydrogens (tertiary/aromatic N) is 1. The Morgan fingerprint density at radius 2 is 2.00 bits per heavy atom. The van der Waals surface area contributed by atoms with Crippen molar-refractivity contribution >= 4 is 16.1 Å². The summed E-state index contributed by atoms with van der Waals surface area (Å²) in [4.78, 5) is 9.90. The van der Waals surface area contributed by atoms with Crippen LogP contribution in [0.5, 0.6) is 0 Å². The van der Waals surface area contributed by atoms with Crippen LogP contribution in [0, 0.1) is 0 Å². The topological polar surface area (TPSA) is 85.5 Å². The Hall–Kier alpha value is -0.780. The Bertz CT molecular complexity index is 234. The molecule has 0 aliphatic carbocycles. The summed E-state index contributed by atoms with van der Waals surface area (Å²) in [5.74, 6) is -0.173. The lowest BCUT2D eigenvalue weighted by Gasteiger charge is -1.98. The Balaban J connectivity index is 3.81. The lowest BCUT2D eigenvalue weighted by Crippen LogP contribution is -2.24. The van der Waals surface area contributed by atoms with Gasteiger partial charge >= 0.3 is 6.09 Å². The first kappa shape index (κ1) is 11.2. The normalized spacial score (nSPS) is 11.1. The highest BCUT2D eigenvalue weighted by molar-refractivity contribution is 7.89. The molecule has 0 saturated heterocycles. The number of unbranched alkanes of at least 4 members (excludes halogenated alkanes) is 2. The van der Waals surface area contributed by atoms with Gasteiger partial charge in [0.05, 0.1) is 5.75 Å². The molecule has 0 aromatic heterocycles. The molecule has 0 heterocycles. The second-order valence-electron chi connectivity index (χ2n) is 2.37. The summed E-state index contributed by atoms with van der Waals surface area (Å²) in [6, 6.07) is 0. The molecule has 1 N–H and O–H groups in total. The molecular weight excluding hydrogens is 182 g/mol. The van der Waals surface area contributed by atoms with Crippen molar-refractivity contribution in [3.8, 4) is 0 Å². The smallest absolute Gasteiger partial charge is 0.442 e. The second-order valence-corrected chi connectivity index (χ2v) is 4.12. The third-order valence-corrected chi connectivity index (χ3v) is 2.46. The summed E-state index contributed by atoms with van der Waals surface area (Å²) in [5, 5.41) is 8.06. The summed E-state index contributed by atoms with van der Waals surface area (Å²) in [7, 11) is -3.73. The summed E-state index contributed by atoms with van der Waals surface area (Å²) in [6.07, 6.45) is 0.485. The molecule has 0 spiro atoms. The third-order valence-electron chi connectivity index (χ3n) is 1.22. The fourth-order valence-electron chi connectivity index (χ4n) is 0.699. The first-order valence-corrected chi connectivity index (χ1v) is 5.27. The highest BCUT2D eigenvalue weighted by Gasteiger charge is 2.15. The number of hydrogen-bond donors (Lipinski definition) is 1. The molecule has 0 aromatic rings. The number of hydrogen-bond acceptors (Lipinski definition) is 3. The summed E-state index contributed by atoms with van der Waals surface area (Å²) in [6.45, 7) is 1.93. The zero-order valence-electron chi connectivity index (χ0n) is 6.86. The molecule has 0 saturated carbocycles. The standard InChI is InChI=1S/C6H12NO4S/c1-2-3-4-5-12(10,11)7-6(8)9/h2-5H2,1H3,(H,8,9). The minimum absolute atomic E-state index is 0.173. The molecule has 1 radical (unpaired) electrons. The molecule has 0 aliphatic rings. The first-order chi connectivity index (χ1) is 5.48. The fourth-order valence-corrected chi connectivity index (χ4v) is 1.60. The molecule has 71 valence electrons.